The summed E-state index contributed by atoms with van der Waals surface area (Å²) in [4.78, 5) is 19.8. The molecule has 0 saturated heterocycles. The van der Waals surface area contributed by atoms with Crippen molar-refractivity contribution in [1.29, 1.82) is 0 Å². The Morgan fingerprint density at radius 3 is 2.34 bits per heavy atom. The van der Waals surface area contributed by atoms with Crippen molar-refractivity contribution in [2.45, 2.75) is 23.4 Å². The van der Waals surface area contributed by atoms with Crippen LogP contribution in [0, 0.1) is 0 Å². The molecule has 4 nitrogen and oxygen atoms in total. The molecule has 3 rings (SSSR count). The van der Waals surface area contributed by atoms with Gasteiger partial charge in [0.2, 0.25) is 11.7 Å². The minimum atomic E-state index is -4.71. The fourth-order valence-electron chi connectivity index (χ4n) is 2.37. The maximum atomic E-state index is 13.1. The van der Waals surface area contributed by atoms with Gasteiger partial charge in [-0.3, -0.25) is 4.79 Å². The highest BCUT2D eigenvalue weighted by Gasteiger charge is 2.36. The van der Waals surface area contributed by atoms with E-state index >= 15 is 0 Å². The largest absolute Gasteiger partial charge is 0.451 e. The molecule has 1 aromatic heterocycles. The molecule has 3 aromatic rings. The van der Waals surface area contributed by atoms with Crippen molar-refractivity contribution in [2.75, 3.05) is 5.32 Å². The van der Waals surface area contributed by atoms with Crippen molar-refractivity contribution in [2.24, 2.45) is 0 Å². The first-order chi connectivity index (χ1) is 13.6. The Balaban J connectivity index is 1.89. The van der Waals surface area contributed by atoms with E-state index in [1.165, 1.54) is 25.1 Å². The smallest absolute Gasteiger partial charge is 0.323 e. The summed E-state index contributed by atoms with van der Waals surface area (Å²) in [5.74, 6) is -1.78. The van der Waals surface area contributed by atoms with E-state index in [4.69, 9.17) is 34.8 Å². The van der Waals surface area contributed by atoms with Gasteiger partial charge < -0.3 is 5.32 Å². The average molecular weight is 481 g/mol. The predicted octanol–water partition coefficient (Wildman–Crippen LogP) is 6.73. The number of hydrogen-bond acceptors (Lipinski definition) is 4. The number of anilines is 1. The Morgan fingerprint density at radius 2 is 1.72 bits per heavy atom. The number of fused-ring (bicyclic) bond motifs is 1. The van der Waals surface area contributed by atoms with Crippen LogP contribution in [0.4, 0.5) is 18.9 Å². The van der Waals surface area contributed by atoms with Crippen LogP contribution in [-0.4, -0.2) is 21.1 Å². The number of para-hydroxylation sites is 1. The molecule has 0 aliphatic rings. The van der Waals surface area contributed by atoms with Crippen LogP contribution in [0.15, 0.2) is 41.4 Å². The Bertz CT molecular complexity index is 1070. The molecule has 0 radical (unpaired) electrons. The van der Waals surface area contributed by atoms with Gasteiger partial charge in [-0.05, 0) is 25.1 Å². The first-order valence-electron chi connectivity index (χ1n) is 8.02. The molecular formula is C18H11Cl3F3N3OS. The Hall–Kier alpha value is -1.74. The predicted molar refractivity (Wildman–Crippen MR) is 110 cm³/mol. The van der Waals surface area contributed by atoms with Crippen LogP contribution in [0.25, 0.3) is 10.9 Å². The molecule has 2 aromatic carbocycles. The van der Waals surface area contributed by atoms with Crippen LogP contribution in [-0.2, 0) is 11.0 Å². The lowest BCUT2D eigenvalue weighted by atomic mass is 10.2. The summed E-state index contributed by atoms with van der Waals surface area (Å²) < 4.78 is 39.4. The number of nitrogens with one attached hydrogen (secondary N) is 1. The number of alkyl halides is 3. The zero-order valence-electron chi connectivity index (χ0n) is 14.5. The molecule has 0 spiro atoms. The number of aromatic nitrogens is 2. The number of benzene rings is 2. The van der Waals surface area contributed by atoms with Crippen LogP contribution < -0.4 is 5.32 Å². The molecule has 1 unspecified atom stereocenters. The van der Waals surface area contributed by atoms with Crippen LogP contribution in [0.2, 0.25) is 15.1 Å². The van der Waals surface area contributed by atoms with Gasteiger partial charge in [-0.1, -0.05) is 64.8 Å². The third-order valence-corrected chi connectivity index (χ3v) is 5.65. The first kappa shape index (κ1) is 22.0. The normalized spacial score (nSPS) is 12.8. The molecule has 1 amide bonds. The van der Waals surface area contributed by atoms with E-state index in [2.05, 4.69) is 15.3 Å². The lowest BCUT2D eigenvalue weighted by molar-refractivity contribution is -0.145. The van der Waals surface area contributed by atoms with E-state index < -0.39 is 23.2 Å². The van der Waals surface area contributed by atoms with Crippen molar-refractivity contribution >= 4 is 69.1 Å². The molecule has 0 saturated carbocycles. The number of carbonyl (C=O) groups is 1. The lowest BCUT2D eigenvalue weighted by Crippen LogP contribution is -2.23. The second-order valence-corrected chi connectivity index (χ2v) is 8.44. The van der Waals surface area contributed by atoms with Gasteiger partial charge in [-0.2, -0.15) is 13.2 Å². The molecule has 11 heteroatoms. The molecule has 29 heavy (non-hydrogen) atoms. The number of hydrogen-bond donors (Lipinski definition) is 1. The fourth-order valence-corrected chi connectivity index (χ4v) is 4.22. The van der Waals surface area contributed by atoms with Crippen LogP contribution in [0.1, 0.15) is 12.7 Å². The summed E-state index contributed by atoms with van der Waals surface area (Å²) in [5.41, 5.74) is 0.299. The molecule has 1 N–H and O–H groups in total. The Morgan fingerprint density at radius 1 is 1.10 bits per heavy atom. The van der Waals surface area contributed by atoms with Crippen molar-refractivity contribution in [3.05, 3.63) is 57.3 Å². The molecular weight excluding hydrogens is 470 g/mol. The summed E-state index contributed by atoms with van der Waals surface area (Å²) in [6, 6.07) is 9.10. The second-order valence-electron chi connectivity index (χ2n) is 5.86. The Labute approximate surface area is 182 Å². The number of rotatable bonds is 4. The quantitative estimate of drug-likeness (QED) is 0.332. The Kier molecular flexibility index (Phi) is 6.48. The van der Waals surface area contributed by atoms with Crippen LogP contribution in [0.5, 0.6) is 0 Å². The summed E-state index contributed by atoms with van der Waals surface area (Å²) >= 11 is 18.8. The summed E-state index contributed by atoms with van der Waals surface area (Å²) in [6.07, 6.45) is -4.71. The van der Waals surface area contributed by atoms with Crippen LogP contribution in [0.3, 0.4) is 0 Å². The van der Waals surface area contributed by atoms with E-state index in [0.717, 1.165) is 11.8 Å². The molecule has 0 bridgehead atoms. The monoisotopic (exact) mass is 479 g/mol. The van der Waals surface area contributed by atoms with Crippen LogP contribution >= 0.6 is 46.6 Å². The molecule has 0 fully saturated rings. The lowest BCUT2D eigenvalue weighted by Gasteiger charge is -2.15. The summed E-state index contributed by atoms with van der Waals surface area (Å²) in [5, 5.41) is 2.79. The average Bonchev–Trinajstić information content (AvgIpc) is 2.63. The van der Waals surface area contributed by atoms with Gasteiger partial charge in [-0.15, -0.1) is 0 Å². The van der Waals surface area contributed by atoms with Gasteiger partial charge in [0.15, 0.2) is 0 Å². The van der Waals surface area contributed by atoms with Gasteiger partial charge >= 0.3 is 6.18 Å². The fraction of sp³-hybridized carbons (Fsp3) is 0.167. The topological polar surface area (TPSA) is 54.9 Å². The third-order valence-electron chi connectivity index (χ3n) is 3.73. The summed E-state index contributed by atoms with van der Waals surface area (Å²) in [6.45, 7) is 1.53. The van der Waals surface area contributed by atoms with Gasteiger partial charge in [-0.25, -0.2) is 9.97 Å². The summed E-state index contributed by atoms with van der Waals surface area (Å²) in [7, 11) is 0. The van der Waals surface area contributed by atoms with E-state index in [9.17, 15) is 18.0 Å². The van der Waals surface area contributed by atoms with E-state index in [0.29, 0.717) is 10.4 Å². The van der Waals surface area contributed by atoms with E-state index in [1.54, 1.807) is 18.2 Å². The van der Waals surface area contributed by atoms with E-state index in [-0.39, 0.29) is 26.3 Å². The zero-order chi connectivity index (χ0) is 21.3. The third kappa shape index (κ3) is 5.06. The maximum Gasteiger partial charge on any atom is 0.451 e. The van der Waals surface area contributed by atoms with Crippen molar-refractivity contribution < 1.29 is 18.0 Å². The highest BCUT2D eigenvalue weighted by molar-refractivity contribution is 8.00. The van der Waals surface area contributed by atoms with Gasteiger partial charge in [0.05, 0.1) is 26.5 Å². The van der Waals surface area contributed by atoms with Gasteiger partial charge in [0.25, 0.3) is 0 Å². The molecule has 0 aliphatic heterocycles. The molecule has 1 heterocycles. The number of nitrogens with zero attached hydrogens (tertiary/aromatic N) is 2. The number of carbonyl (C=O) groups excluding carboxylic acids is 1. The van der Waals surface area contributed by atoms with Gasteiger partial charge in [0, 0.05) is 10.4 Å². The van der Waals surface area contributed by atoms with E-state index in [1.807, 2.05) is 0 Å². The highest BCUT2D eigenvalue weighted by Crippen LogP contribution is 2.36. The number of thioether (sulfide) groups is 1. The van der Waals surface area contributed by atoms with Crippen molar-refractivity contribution in [3.63, 3.8) is 0 Å². The standard InChI is InChI=1S/C18H11Cl3F3N3OS/c1-8(15(28)26-14-11(20)6-9(19)7-12(14)21)29-16-10-4-2-3-5-13(10)25-17(27-16)18(22,23)24/h2-8H,1H3,(H,26,28). The highest BCUT2D eigenvalue weighted by atomic mass is 35.5. The zero-order valence-corrected chi connectivity index (χ0v) is 17.6. The van der Waals surface area contributed by atoms with Gasteiger partial charge in [0.1, 0.15) is 5.03 Å². The molecule has 1 atom stereocenters. The maximum absolute atomic E-state index is 13.1. The minimum Gasteiger partial charge on any atom is -0.323 e. The van der Waals surface area contributed by atoms with Crippen molar-refractivity contribution in [3.8, 4) is 0 Å². The van der Waals surface area contributed by atoms with Crippen molar-refractivity contribution in [1.82, 2.24) is 9.97 Å². The second kappa shape index (κ2) is 8.55. The molecule has 0 aliphatic carbocycles. The first-order valence-corrected chi connectivity index (χ1v) is 10.0. The number of amides is 1. The number of halogens is 6. The molecule has 152 valence electrons. The SMILES string of the molecule is CC(Sc1nc(C(F)(F)F)nc2ccccc12)C(=O)Nc1c(Cl)cc(Cl)cc1Cl. The minimum absolute atomic E-state index is 0.0406.